The lowest BCUT2D eigenvalue weighted by Crippen LogP contribution is -2.12. The zero-order chi connectivity index (χ0) is 14.0. The van der Waals surface area contributed by atoms with E-state index in [1.165, 1.54) is 20.9 Å². The average Bonchev–Trinajstić information content (AvgIpc) is 2.89. The molecule has 0 aliphatic carbocycles. The van der Waals surface area contributed by atoms with Crippen molar-refractivity contribution in [2.45, 2.75) is 33.2 Å². The molecular formula is C16H21NOS. The van der Waals surface area contributed by atoms with Crippen LogP contribution in [0.25, 0.3) is 0 Å². The lowest BCUT2D eigenvalue weighted by molar-refractivity contribution is 0.404. The van der Waals surface area contributed by atoms with Crippen LogP contribution < -0.4 is 10.5 Å². The van der Waals surface area contributed by atoms with E-state index in [1.54, 1.807) is 18.4 Å². The van der Waals surface area contributed by atoms with Gasteiger partial charge >= 0.3 is 0 Å². The lowest BCUT2D eigenvalue weighted by atomic mass is 9.98. The van der Waals surface area contributed by atoms with Crippen molar-refractivity contribution in [1.82, 2.24) is 0 Å². The van der Waals surface area contributed by atoms with Crippen LogP contribution in [0.1, 0.15) is 39.4 Å². The topological polar surface area (TPSA) is 35.2 Å². The van der Waals surface area contributed by atoms with Crippen molar-refractivity contribution in [2.24, 2.45) is 5.73 Å². The van der Waals surface area contributed by atoms with E-state index >= 15 is 0 Å². The summed E-state index contributed by atoms with van der Waals surface area (Å²) in [5.74, 6) is 0.916. The predicted octanol–water partition coefficient (Wildman–Crippen LogP) is 3.98. The maximum absolute atomic E-state index is 6.41. The fourth-order valence-electron chi connectivity index (χ4n) is 2.23. The highest BCUT2D eigenvalue weighted by atomic mass is 32.1. The number of nitrogens with two attached hydrogens (primary N) is 1. The normalized spacial score (nSPS) is 12.5. The smallest absolute Gasteiger partial charge is 0.127 e. The summed E-state index contributed by atoms with van der Waals surface area (Å²) in [6, 6.07) is 8.37. The zero-order valence-corrected chi connectivity index (χ0v) is 12.8. The number of hydrogen-bond donors (Lipinski definition) is 1. The molecule has 3 heteroatoms. The molecule has 0 spiro atoms. The summed E-state index contributed by atoms with van der Waals surface area (Å²) in [5, 5.41) is 0. The number of ether oxygens (including phenoxy) is 1. The number of benzene rings is 1. The van der Waals surface area contributed by atoms with Gasteiger partial charge in [0.1, 0.15) is 5.75 Å². The summed E-state index contributed by atoms with van der Waals surface area (Å²) < 4.78 is 5.56. The first kappa shape index (κ1) is 14.1. The molecule has 2 rings (SSSR count). The van der Waals surface area contributed by atoms with Crippen LogP contribution in [-0.2, 0) is 6.42 Å². The molecule has 1 aromatic heterocycles. The Balaban J connectivity index is 2.43. The molecule has 2 N–H and O–H groups in total. The summed E-state index contributed by atoms with van der Waals surface area (Å²) in [7, 11) is 1.71. The Morgan fingerprint density at radius 1 is 1.21 bits per heavy atom. The molecular weight excluding hydrogens is 254 g/mol. The van der Waals surface area contributed by atoms with Gasteiger partial charge in [-0.2, -0.15) is 0 Å². The largest absolute Gasteiger partial charge is 0.496 e. The molecule has 0 radical (unpaired) electrons. The van der Waals surface area contributed by atoms with Gasteiger partial charge in [0.15, 0.2) is 0 Å². The Morgan fingerprint density at radius 3 is 2.53 bits per heavy atom. The third-order valence-corrected chi connectivity index (χ3v) is 4.90. The fourth-order valence-corrected chi connectivity index (χ4v) is 3.21. The molecule has 1 aromatic carbocycles. The van der Waals surface area contributed by atoms with Gasteiger partial charge in [-0.25, -0.2) is 0 Å². The average molecular weight is 275 g/mol. The molecule has 0 fully saturated rings. The number of rotatable bonds is 4. The van der Waals surface area contributed by atoms with E-state index in [-0.39, 0.29) is 6.04 Å². The molecule has 0 saturated heterocycles. The van der Waals surface area contributed by atoms with Crippen LogP contribution in [0.3, 0.4) is 0 Å². The first-order valence-corrected chi connectivity index (χ1v) is 7.38. The number of aryl methyl sites for hydroxylation is 2. The van der Waals surface area contributed by atoms with E-state index in [9.17, 15) is 0 Å². The van der Waals surface area contributed by atoms with Gasteiger partial charge < -0.3 is 10.5 Å². The quantitative estimate of drug-likeness (QED) is 0.916. The molecule has 1 atom stereocenters. The van der Waals surface area contributed by atoms with E-state index < -0.39 is 0 Å². The second-order valence-electron chi connectivity index (χ2n) is 4.77. The molecule has 19 heavy (non-hydrogen) atoms. The molecule has 0 amide bonds. The number of thiophene rings is 1. The molecule has 2 nitrogen and oxygen atoms in total. The molecule has 1 unspecified atom stereocenters. The molecule has 0 bridgehead atoms. The van der Waals surface area contributed by atoms with Crippen LogP contribution in [-0.4, -0.2) is 7.11 Å². The van der Waals surface area contributed by atoms with Crippen LogP contribution in [0.5, 0.6) is 5.75 Å². The Morgan fingerprint density at radius 2 is 1.95 bits per heavy atom. The summed E-state index contributed by atoms with van der Waals surface area (Å²) in [5.41, 5.74) is 9.87. The van der Waals surface area contributed by atoms with Crippen LogP contribution in [0.2, 0.25) is 0 Å². The van der Waals surface area contributed by atoms with Gasteiger partial charge in [-0.15, -0.1) is 11.3 Å². The summed E-state index contributed by atoms with van der Waals surface area (Å²) in [6.07, 6.45) is 1.06. The van der Waals surface area contributed by atoms with Crippen molar-refractivity contribution in [3.8, 4) is 5.75 Å². The number of hydrogen-bond acceptors (Lipinski definition) is 3. The van der Waals surface area contributed by atoms with Gasteiger partial charge in [-0.05, 0) is 43.5 Å². The highest BCUT2D eigenvalue weighted by molar-refractivity contribution is 7.12. The maximum Gasteiger partial charge on any atom is 0.127 e. The van der Waals surface area contributed by atoms with Crippen molar-refractivity contribution in [1.29, 1.82) is 0 Å². The van der Waals surface area contributed by atoms with Crippen LogP contribution >= 0.6 is 11.3 Å². The lowest BCUT2D eigenvalue weighted by Gasteiger charge is -2.17. The Kier molecular flexibility index (Phi) is 4.27. The van der Waals surface area contributed by atoms with E-state index in [0.717, 1.165) is 17.7 Å². The summed E-state index contributed by atoms with van der Waals surface area (Å²) in [4.78, 5) is 2.56. The van der Waals surface area contributed by atoms with E-state index in [2.05, 4.69) is 45.0 Å². The summed E-state index contributed by atoms with van der Waals surface area (Å²) in [6.45, 7) is 6.33. The molecule has 2 aromatic rings. The minimum Gasteiger partial charge on any atom is -0.496 e. The van der Waals surface area contributed by atoms with Crippen LogP contribution in [0, 0.1) is 13.8 Å². The van der Waals surface area contributed by atoms with Gasteiger partial charge in [0.25, 0.3) is 0 Å². The van der Waals surface area contributed by atoms with Crippen LogP contribution in [0.4, 0.5) is 0 Å². The maximum atomic E-state index is 6.41. The van der Waals surface area contributed by atoms with Gasteiger partial charge in [0.05, 0.1) is 13.2 Å². The minimum absolute atomic E-state index is 0.112. The molecule has 0 aliphatic heterocycles. The van der Waals surface area contributed by atoms with Crippen molar-refractivity contribution < 1.29 is 4.74 Å². The molecule has 102 valence electrons. The second kappa shape index (κ2) is 5.76. The second-order valence-corrected chi connectivity index (χ2v) is 5.97. The van der Waals surface area contributed by atoms with E-state index in [4.69, 9.17) is 10.5 Å². The van der Waals surface area contributed by atoms with Gasteiger partial charge in [0, 0.05) is 15.3 Å². The minimum atomic E-state index is -0.112. The zero-order valence-electron chi connectivity index (χ0n) is 12.0. The summed E-state index contributed by atoms with van der Waals surface area (Å²) >= 11 is 1.78. The van der Waals surface area contributed by atoms with Gasteiger partial charge in [-0.3, -0.25) is 0 Å². The highest BCUT2D eigenvalue weighted by Crippen LogP contribution is 2.35. The third kappa shape index (κ3) is 2.67. The monoisotopic (exact) mass is 275 g/mol. The fraction of sp³-hybridized carbons (Fsp3) is 0.375. The van der Waals surface area contributed by atoms with Crippen molar-refractivity contribution >= 4 is 11.3 Å². The third-order valence-electron chi connectivity index (χ3n) is 3.58. The molecule has 1 heterocycles. The standard InChI is InChI=1S/C16H21NOS/c1-5-12-7-9-14(19-12)15(17)13-8-6-10(2)11(3)16(13)18-4/h6-9,15H,5,17H2,1-4H3. The highest BCUT2D eigenvalue weighted by Gasteiger charge is 2.18. The Labute approximate surface area is 119 Å². The Bertz CT molecular complexity index is 574. The first-order chi connectivity index (χ1) is 9.08. The molecule has 0 aliphatic rings. The number of methoxy groups -OCH3 is 1. The van der Waals surface area contributed by atoms with Crippen molar-refractivity contribution in [3.63, 3.8) is 0 Å². The van der Waals surface area contributed by atoms with Crippen molar-refractivity contribution in [3.05, 3.63) is 50.7 Å². The Hall–Kier alpha value is -1.32. The van der Waals surface area contributed by atoms with Crippen LogP contribution in [0.15, 0.2) is 24.3 Å². The van der Waals surface area contributed by atoms with Gasteiger partial charge in [-0.1, -0.05) is 19.1 Å². The van der Waals surface area contributed by atoms with E-state index in [1.807, 2.05) is 0 Å². The van der Waals surface area contributed by atoms with E-state index in [0.29, 0.717) is 0 Å². The SMILES string of the molecule is CCc1ccc(C(N)c2ccc(C)c(C)c2OC)s1. The first-order valence-electron chi connectivity index (χ1n) is 6.56. The van der Waals surface area contributed by atoms with Crippen molar-refractivity contribution in [2.75, 3.05) is 7.11 Å². The van der Waals surface area contributed by atoms with Gasteiger partial charge in [0.2, 0.25) is 0 Å². The molecule has 0 saturated carbocycles. The predicted molar refractivity (Wildman–Crippen MR) is 82.2 cm³/mol.